The molecule has 1 fully saturated rings. The first-order valence-corrected chi connectivity index (χ1v) is 6.04. The molecule has 1 saturated carbocycles. The minimum atomic E-state index is 0.0127. The van der Waals surface area contributed by atoms with E-state index in [0.717, 1.165) is 6.42 Å². The molecular formula is C12H24N2O3. The molecule has 5 heteroatoms. The number of hydrogen-bond acceptors (Lipinski definition) is 4. The lowest BCUT2D eigenvalue weighted by Gasteiger charge is -2.51. The van der Waals surface area contributed by atoms with E-state index in [0.29, 0.717) is 25.7 Å². The summed E-state index contributed by atoms with van der Waals surface area (Å²) in [6.45, 7) is 5.78. The number of carbonyl (C=O) groups is 1. The Kier molecular flexibility index (Phi) is 5.36. The summed E-state index contributed by atoms with van der Waals surface area (Å²) in [5.41, 5.74) is 0.0988. The Morgan fingerprint density at radius 2 is 2.12 bits per heavy atom. The van der Waals surface area contributed by atoms with Crippen molar-refractivity contribution in [3.63, 3.8) is 0 Å². The molecule has 2 unspecified atom stereocenters. The lowest BCUT2D eigenvalue weighted by molar-refractivity contribution is -0.123. The summed E-state index contributed by atoms with van der Waals surface area (Å²) in [6.07, 6.45) is 1.26. The molecule has 0 bridgehead atoms. The van der Waals surface area contributed by atoms with E-state index in [1.807, 2.05) is 0 Å². The largest absolute Gasteiger partial charge is 0.383 e. The van der Waals surface area contributed by atoms with Gasteiger partial charge in [-0.3, -0.25) is 4.79 Å². The van der Waals surface area contributed by atoms with Crippen LogP contribution in [0, 0.1) is 5.41 Å². The summed E-state index contributed by atoms with van der Waals surface area (Å²) in [4.78, 5) is 11.5. The van der Waals surface area contributed by atoms with Crippen LogP contribution >= 0.6 is 0 Å². The standard InChI is InChI=1S/C12H24N2O3/c1-12(2)9(7-10(12)17-4)14-8-11(15)13-5-6-16-3/h9-10,14H,5-8H2,1-4H3,(H,13,15). The number of rotatable bonds is 7. The molecule has 0 aromatic rings. The predicted molar refractivity (Wildman–Crippen MR) is 65.9 cm³/mol. The van der Waals surface area contributed by atoms with Crippen LogP contribution in [-0.4, -0.2) is 52.0 Å². The molecule has 1 aliphatic carbocycles. The zero-order valence-electron chi connectivity index (χ0n) is 11.2. The van der Waals surface area contributed by atoms with Crippen molar-refractivity contribution >= 4 is 5.91 Å². The molecule has 0 radical (unpaired) electrons. The number of ether oxygens (including phenoxy) is 2. The van der Waals surface area contributed by atoms with Gasteiger partial charge >= 0.3 is 0 Å². The monoisotopic (exact) mass is 244 g/mol. The van der Waals surface area contributed by atoms with Gasteiger partial charge in [0.25, 0.3) is 0 Å². The molecule has 1 rings (SSSR count). The molecule has 0 aromatic carbocycles. The molecule has 1 amide bonds. The predicted octanol–water partition coefficient (Wildman–Crippen LogP) is 0.152. The van der Waals surface area contributed by atoms with Crippen molar-refractivity contribution in [2.24, 2.45) is 5.41 Å². The van der Waals surface area contributed by atoms with Gasteiger partial charge in [-0.15, -0.1) is 0 Å². The smallest absolute Gasteiger partial charge is 0.234 e. The second-order valence-corrected chi connectivity index (χ2v) is 5.06. The molecule has 100 valence electrons. The van der Waals surface area contributed by atoms with Gasteiger partial charge in [-0.1, -0.05) is 13.8 Å². The summed E-state index contributed by atoms with van der Waals surface area (Å²) in [5, 5.41) is 6.05. The van der Waals surface area contributed by atoms with Crippen LogP contribution < -0.4 is 10.6 Å². The topological polar surface area (TPSA) is 59.6 Å². The van der Waals surface area contributed by atoms with Crippen molar-refractivity contribution in [3.8, 4) is 0 Å². The highest BCUT2D eigenvalue weighted by molar-refractivity contribution is 5.78. The van der Waals surface area contributed by atoms with Crippen LogP contribution in [0.5, 0.6) is 0 Å². The Labute approximate surface area is 103 Å². The van der Waals surface area contributed by atoms with Gasteiger partial charge in [-0.2, -0.15) is 0 Å². The first-order valence-electron chi connectivity index (χ1n) is 6.04. The molecule has 0 aliphatic heterocycles. The van der Waals surface area contributed by atoms with E-state index in [2.05, 4.69) is 24.5 Å². The molecule has 2 atom stereocenters. The van der Waals surface area contributed by atoms with Gasteiger partial charge in [-0.05, 0) is 6.42 Å². The van der Waals surface area contributed by atoms with Gasteiger partial charge in [-0.25, -0.2) is 0 Å². The lowest BCUT2D eigenvalue weighted by atomic mass is 9.64. The van der Waals surface area contributed by atoms with Gasteiger partial charge in [0.1, 0.15) is 0 Å². The van der Waals surface area contributed by atoms with Crippen molar-refractivity contribution in [1.29, 1.82) is 0 Å². The maximum absolute atomic E-state index is 11.5. The van der Waals surface area contributed by atoms with Crippen molar-refractivity contribution in [1.82, 2.24) is 10.6 Å². The van der Waals surface area contributed by atoms with Crippen molar-refractivity contribution in [3.05, 3.63) is 0 Å². The third-order valence-electron chi connectivity index (χ3n) is 3.60. The average Bonchev–Trinajstić information content (AvgIpc) is 2.28. The summed E-state index contributed by atoms with van der Waals surface area (Å²) in [7, 11) is 3.35. The first kappa shape index (κ1) is 14.4. The fourth-order valence-electron chi connectivity index (χ4n) is 2.20. The van der Waals surface area contributed by atoms with Crippen molar-refractivity contribution < 1.29 is 14.3 Å². The van der Waals surface area contributed by atoms with E-state index in [4.69, 9.17) is 9.47 Å². The Morgan fingerprint density at radius 1 is 1.41 bits per heavy atom. The number of hydrogen-bond donors (Lipinski definition) is 2. The van der Waals surface area contributed by atoms with Gasteiger partial charge in [0, 0.05) is 32.2 Å². The number of carbonyl (C=O) groups excluding carboxylic acids is 1. The Bertz CT molecular complexity index is 256. The van der Waals surface area contributed by atoms with E-state index >= 15 is 0 Å². The first-order chi connectivity index (χ1) is 8.02. The summed E-state index contributed by atoms with van der Waals surface area (Å²) >= 11 is 0. The van der Waals surface area contributed by atoms with Crippen molar-refractivity contribution in [2.75, 3.05) is 33.9 Å². The number of methoxy groups -OCH3 is 2. The molecule has 0 aromatic heterocycles. The highest BCUT2D eigenvalue weighted by Gasteiger charge is 2.48. The molecule has 1 aliphatic rings. The van der Waals surface area contributed by atoms with Crippen LogP contribution in [-0.2, 0) is 14.3 Å². The van der Waals surface area contributed by atoms with E-state index in [1.54, 1.807) is 14.2 Å². The third kappa shape index (κ3) is 3.66. The van der Waals surface area contributed by atoms with Crippen LogP contribution in [0.15, 0.2) is 0 Å². The van der Waals surface area contributed by atoms with Crippen LogP contribution in [0.25, 0.3) is 0 Å². The van der Waals surface area contributed by atoms with E-state index < -0.39 is 0 Å². The second-order valence-electron chi connectivity index (χ2n) is 5.06. The maximum atomic E-state index is 11.5. The fraction of sp³-hybridized carbons (Fsp3) is 0.917. The van der Waals surface area contributed by atoms with Crippen molar-refractivity contribution in [2.45, 2.75) is 32.4 Å². The molecule has 0 saturated heterocycles. The molecule has 17 heavy (non-hydrogen) atoms. The fourth-order valence-corrected chi connectivity index (χ4v) is 2.20. The zero-order valence-corrected chi connectivity index (χ0v) is 11.2. The van der Waals surface area contributed by atoms with E-state index in [1.165, 1.54) is 0 Å². The Hall–Kier alpha value is -0.650. The van der Waals surface area contributed by atoms with Gasteiger partial charge < -0.3 is 20.1 Å². The quantitative estimate of drug-likeness (QED) is 0.626. The molecule has 2 N–H and O–H groups in total. The van der Waals surface area contributed by atoms with Crippen LogP contribution in [0.4, 0.5) is 0 Å². The van der Waals surface area contributed by atoms with Crippen LogP contribution in [0.3, 0.4) is 0 Å². The normalized spacial score (nSPS) is 26.4. The SMILES string of the molecule is COCCNC(=O)CNC1CC(OC)C1(C)C. The highest BCUT2D eigenvalue weighted by atomic mass is 16.5. The maximum Gasteiger partial charge on any atom is 0.234 e. The number of nitrogens with one attached hydrogen (secondary N) is 2. The second kappa shape index (κ2) is 6.33. The Morgan fingerprint density at radius 3 is 2.65 bits per heavy atom. The van der Waals surface area contributed by atoms with Gasteiger partial charge in [0.2, 0.25) is 5.91 Å². The summed E-state index contributed by atoms with van der Waals surface area (Å²) < 4.78 is 10.2. The molecule has 0 heterocycles. The van der Waals surface area contributed by atoms with Gasteiger partial charge in [0.05, 0.1) is 19.3 Å². The molecular weight excluding hydrogens is 220 g/mol. The lowest BCUT2D eigenvalue weighted by Crippen LogP contribution is -2.61. The minimum Gasteiger partial charge on any atom is -0.383 e. The van der Waals surface area contributed by atoms with E-state index in [-0.39, 0.29) is 17.4 Å². The average molecular weight is 244 g/mol. The van der Waals surface area contributed by atoms with Crippen LogP contribution in [0.1, 0.15) is 20.3 Å². The molecule has 5 nitrogen and oxygen atoms in total. The minimum absolute atomic E-state index is 0.0127. The summed E-state index contributed by atoms with van der Waals surface area (Å²) in [6, 6.07) is 0.348. The number of amides is 1. The highest BCUT2D eigenvalue weighted by Crippen LogP contribution is 2.42. The molecule has 0 spiro atoms. The Balaban J connectivity index is 2.17. The summed E-state index contributed by atoms with van der Waals surface area (Å²) in [5.74, 6) is 0.0127. The van der Waals surface area contributed by atoms with E-state index in [9.17, 15) is 4.79 Å². The van der Waals surface area contributed by atoms with Crippen LogP contribution in [0.2, 0.25) is 0 Å². The zero-order chi connectivity index (χ0) is 12.9. The third-order valence-corrected chi connectivity index (χ3v) is 3.60. The van der Waals surface area contributed by atoms with Gasteiger partial charge in [0.15, 0.2) is 0 Å².